The van der Waals surface area contributed by atoms with E-state index in [-0.39, 0.29) is 12.2 Å². The van der Waals surface area contributed by atoms with Crippen LogP contribution < -0.4 is 4.74 Å². The van der Waals surface area contributed by atoms with Crippen LogP contribution in [0.5, 0.6) is 5.88 Å². The summed E-state index contributed by atoms with van der Waals surface area (Å²) in [5.41, 5.74) is 1.39. The predicted molar refractivity (Wildman–Crippen MR) is 123 cm³/mol. The van der Waals surface area contributed by atoms with Crippen LogP contribution in [0.2, 0.25) is 0 Å². The predicted octanol–water partition coefficient (Wildman–Crippen LogP) is 3.98. The van der Waals surface area contributed by atoms with Crippen molar-refractivity contribution in [3.63, 3.8) is 0 Å². The summed E-state index contributed by atoms with van der Waals surface area (Å²) < 4.78 is 12.0. The minimum Gasteiger partial charge on any atom is -0.474 e. The van der Waals surface area contributed by atoms with Crippen molar-refractivity contribution in [1.29, 1.82) is 0 Å². The molecule has 2 aliphatic carbocycles. The standard InChI is InChI=1S/C24H35N3O3S/c1-2-18(28)13-16-3-8-21-20(14-16)22-23(25-15-26-24(22)31-21)30-19-6-4-17(5-7-19)27-9-11-29-12-10-27/h15-19,28H,2-14H2,1H3/t16-,17?,18?,19?/m0/s1. The molecule has 1 aliphatic heterocycles. The highest BCUT2D eigenvalue weighted by atomic mass is 32.1. The van der Waals surface area contributed by atoms with Gasteiger partial charge >= 0.3 is 0 Å². The second-order valence-electron chi connectivity index (χ2n) is 9.47. The molecule has 0 bridgehead atoms. The molecule has 0 amide bonds. The number of aliphatic hydroxyl groups excluding tert-OH is 1. The molecular formula is C24H35N3O3S. The Hall–Kier alpha value is -1.28. The Bertz CT molecular complexity index is 874. The first-order chi connectivity index (χ1) is 15.2. The number of hydrogen-bond donors (Lipinski definition) is 1. The molecule has 170 valence electrons. The van der Waals surface area contributed by atoms with Gasteiger partial charge in [-0.25, -0.2) is 9.97 Å². The molecule has 2 fully saturated rings. The van der Waals surface area contributed by atoms with E-state index >= 15 is 0 Å². The number of aliphatic hydroxyl groups is 1. The van der Waals surface area contributed by atoms with Gasteiger partial charge in [0.05, 0.1) is 24.7 Å². The van der Waals surface area contributed by atoms with Gasteiger partial charge in [0.1, 0.15) is 17.3 Å². The van der Waals surface area contributed by atoms with E-state index < -0.39 is 0 Å². The summed E-state index contributed by atoms with van der Waals surface area (Å²) in [7, 11) is 0. The van der Waals surface area contributed by atoms with Crippen LogP contribution in [0.3, 0.4) is 0 Å². The number of aromatic nitrogens is 2. The summed E-state index contributed by atoms with van der Waals surface area (Å²) in [5.74, 6) is 1.33. The quantitative estimate of drug-likeness (QED) is 0.725. The number of rotatable bonds is 6. The lowest BCUT2D eigenvalue weighted by Crippen LogP contribution is -2.46. The summed E-state index contributed by atoms with van der Waals surface area (Å²) in [6, 6.07) is 0.675. The number of thiophene rings is 1. The number of morpholine rings is 1. The van der Waals surface area contributed by atoms with E-state index in [1.807, 2.05) is 11.3 Å². The summed E-state index contributed by atoms with van der Waals surface area (Å²) in [5, 5.41) is 11.3. The fraction of sp³-hybridized carbons (Fsp3) is 0.750. The number of ether oxygens (including phenoxy) is 2. The highest BCUT2D eigenvalue weighted by Gasteiger charge is 2.30. The van der Waals surface area contributed by atoms with Crippen LogP contribution in [0, 0.1) is 5.92 Å². The summed E-state index contributed by atoms with van der Waals surface area (Å²) in [6.45, 7) is 5.94. The van der Waals surface area contributed by atoms with Crippen LogP contribution in [-0.2, 0) is 17.6 Å². The van der Waals surface area contributed by atoms with Crippen molar-refractivity contribution in [2.75, 3.05) is 26.3 Å². The zero-order valence-electron chi connectivity index (χ0n) is 18.6. The van der Waals surface area contributed by atoms with Crippen LogP contribution in [0.4, 0.5) is 0 Å². The second kappa shape index (κ2) is 9.69. The molecular weight excluding hydrogens is 410 g/mol. The SMILES string of the molecule is CCC(O)C[C@@H]1CCc2sc3ncnc(OC4CCC(N5CCOCC5)CC4)c3c2C1. The van der Waals surface area contributed by atoms with Gasteiger partial charge in [-0.15, -0.1) is 11.3 Å². The molecule has 7 heteroatoms. The van der Waals surface area contributed by atoms with Gasteiger partial charge in [0.2, 0.25) is 5.88 Å². The smallest absolute Gasteiger partial charge is 0.225 e. The third-order valence-corrected chi connectivity index (χ3v) is 8.67. The fourth-order valence-corrected chi connectivity index (χ4v) is 6.80. The van der Waals surface area contributed by atoms with E-state index in [2.05, 4.69) is 21.8 Å². The molecule has 2 aromatic rings. The van der Waals surface area contributed by atoms with Crippen molar-refractivity contribution < 1.29 is 14.6 Å². The Kier molecular flexibility index (Phi) is 6.74. The van der Waals surface area contributed by atoms with Crippen molar-refractivity contribution in [2.45, 2.75) is 83.0 Å². The molecule has 5 rings (SSSR count). The second-order valence-corrected chi connectivity index (χ2v) is 10.5. The van der Waals surface area contributed by atoms with Crippen LogP contribution in [0.1, 0.15) is 62.3 Å². The number of nitrogens with zero attached hydrogens (tertiary/aromatic N) is 3. The average Bonchev–Trinajstić information content (AvgIpc) is 3.19. The number of hydrogen-bond acceptors (Lipinski definition) is 7. The van der Waals surface area contributed by atoms with Crippen LogP contribution in [0.15, 0.2) is 6.33 Å². The Morgan fingerprint density at radius 3 is 2.77 bits per heavy atom. The largest absolute Gasteiger partial charge is 0.474 e. The van der Waals surface area contributed by atoms with Crippen LogP contribution >= 0.6 is 11.3 Å². The van der Waals surface area contributed by atoms with Crippen molar-refractivity contribution >= 4 is 21.6 Å². The minimum absolute atomic E-state index is 0.190. The summed E-state index contributed by atoms with van der Waals surface area (Å²) >= 11 is 1.81. The van der Waals surface area contributed by atoms with E-state index in [0.717, 1.165) is 87.3 Å². The van der Waals surface area contributed by atoms with Gasteiger partial charge in [0, 0.05) is 24.0 Å². The zero-order valence-corrected chi connectivity index (χ0v) is 19.4. The average molecular weight is 446 g/mol. The molecule has 31 heavy (non-hydrogen) atoms. The van der Waals surface area contributed by atoms with Gasteiger partial charge in [-0.3, -0.25) is 4.90 Å². The Labute approximate surface area is 189 Å². The number of aryl methyl sites for hydroxylation is 1. The first-order valence-electron chi connectivity index (χ1n) is 12.1. The molecule has 3 aliphatic rings. The maximum absolute atomic E-state index is 10.2. The highest BCUT2D eigenvalue weighted by Crippen LogP contribution is 2.42. The lowest BCUT2D eigenvalue weighted by Gasteiger charge is -2.38. The minimum atomic E-state index is -0.190. The lowest BCUT2D eigenvalue weighted by molar-refractivity contribution is -0.00126. The summed E-state index contributed by atoms with van der Waals surface area (Å²) in [6.07, 6.45) is 11.3. The van der Waals surface area contributed by atoms with Gasteiger partial charge in [0.15, 0.2) is 0 Å². The molecule has 0 spiro atoms. The monoisotopic (exact) mass is 445 g/mol. The molecule has 2 aromatic heterocycles. The van der Waals surface area contributed by atoms with Crippen molar-refractivity contribution in [3.8, 4) is 5.88 Å². The molecule has 0 aromatic carbocycles. The fourth-order valence-electron chi connectivity index (χ4n) is 5.62. The van der Waals surface area contributed by atoms with Gasteiger partial charge in [-0.1, -0.05) is 6.92 Å². The first kappa shape index (κ1) is 21.6. The maximum Gasteiger partial charge on any atom is 0.225 e. The van der Waals surface area contributed by atoms with Crippen LogP contribution in [-0.4, -0.2) is 64.5 Å². The molecule has 1 saturated carbocycles. The van der Waals surface area contributed by atoms with E-state index in [9.17, 15) is 5.11 Å². The third-order valence-electron chi connectivity index (χ3n) is 7.47. The van der Waals surface area contributed by atoms with E-state index in [1.54, 1.807) is 6.33 Å². The van der Waals surface area contributed by atoms with Crippen molar-refractivity contribution in [3.05, 3.63) is 16.8 Å². The molecule has 6 nitrogen and oxygen atoms in total. The van der Waals surface area contributed by atoms with E-state index in [4.69, 9.17) is 9.47 Å². The van der Waals surface area contributed by atoms with Crippen molar-refractivity contribution in [2.24, 2.45) is 5.92 Å². The maximum atomic E-state index is 10.2. The molecule has 2 atom stereocenters. The van der Waals surface area contributed by atoms with Crippen LogP contribution in [0.25, 0.3) is 10.2 Å². The zero-order chi connectivity index (χ0) is 21.2. The Morgan fingerprint density at radius 2 is 2.00 bits per heavy atom. The lowest BCUT2D eigenvalue weighted by atomic mass is 9.83. The molecule has 1 unspecified atom stereocenters. The van der Waals surface area contributed by atoms with E-state index in [1.165, 1.54) is 23.3 Å². The highest BCUT2D eigenvalue weighted by molar-refractivity contribution is 7.18. The van der Waals surface area contributed by atoms with Gasteiger partial charge < -0.3 is 14.6 Å². The molecule has 3 heterocycles. The Balaban J connectivity index is 1.28. The topological polar surface area (TPSA) is 67.7 Å². The number of fused-ring (bicyclic) bond motifs is 3. The van der Waals surface area contributed by atoms with Gasteiger partial charge in [-0.2, -0.15) is 0 Å². The Morgan fingerprint density at radius 1 is 1.19 bits per heavy atom. The van der Waals surface area contributed by atoms with Gasteiger partial charge in [-0.05, 0) is 69.3 Å². The summed E-state index contributed by atoms with van der Waals surface area (Å²) in [4.78, 5) is 14.3. The van der Waals surface area contributed by atoms with E-state index in [0.29, 0.717) is 12.0 Å². The van der Waals surface area contributed by atoms with Crippen molar-refractivity contribution in [1.82, 2.24) is 14.9 Å². The molecule has 1 N–H and O–H groups in total. The third kappa shape index (κ3) is 4.75. The molecule has 0 radical (unpaired) electrons. The molecule has 1 saturated heterocycles. The van der Waals surface area contributed by atoms with Gasteiger partial charge in [0.25, 0.3) is 0 Å². The normalized spacial score (nSPS) is 28.4. The first-order valence-corrected chi connectivity index (χ1v) is 12.9.